The van der Waals surface area contributed by atoms with Gasteiger partial charge in [-0.15, -0.1) is 0 Å². The van der Waals surface area contributed by atoms with E-state index >= 15 is 0 Å². The van der Waals surface area contributed by atoms with Gasteiger partial charge in [-0.05, 0) is 44.4 Å². The van der Waals surface area contributed by atoms with Crippen LogP contribution in [-0.4, -0.2) is 11.7 Å². The quantitative estimate of drug-likeness (QED) is 0.722. The van der Waals surface area contributed by atoms with Crippen LogP contribution in [0.1, 0.15) is 20.8 Å². The van der Waals surface area contributed by atoms with Crippen molar-refractivity contribution >= 4 is 50.1 Å². The van der Waals surface area contributed by atoms with Crippen molar-refractivity contribution < 1.29 is 9.53 Å². The van der Waals surface area contributed by atoms with Gasteiger partial charge in [0, 0.05) is 20.6 Å². The maximum absolute atomic E-state index is 11.8. The Morgan fingerprint density at radius 1 is 1.30 bits per heavy atom. The summed E-state index contributed by atoms with van der Waals surface area (Å²) in [5, 5.41) is 5.24. The number of hydrogen-bond acceptors (Lipinski definition) is 2. The summed E-state index contributed by atoms with van der Waals surface area (Å²) in [6, 6.07) is 9.30. The molecule has 0 saturated heterocycles. The second-order valence-electron chi connectivity index (χ2n) is 5.42. The average molecular weight is 357 g/mol. The van der Waals surface area contributed by atoms with E-state index in [0.717, 1.165) is 15.2 Å². The topological polar surface area (TPSA) is 38.3 Å². The molecule has 2 aromatic carbocycles. The highest BCUT2D eigenvalue weighted by atomic mass is 79.9. The van der Waals surface area contributed by atoms with Crippen molar-refractivity contribution in [3.05, 3.63) is 39.8 Å². The molecule has 106 valence electrons. The zero-order valence-corrected chi connectivity index (χ0v) is 13.8. The Bertz CT molecular complexity index is 665. The first-order valence-electron chi connectivity index (χ1n) is 6.14. The van der Waals surface area contributed by atoms with Gasteiger partial charge in [-0.25, -0.2) is 4.79 Å². The maximum atomic E-state index is 11.8. The number of hydrogen-bond donors (Lipinski definition) is 1. The number of anilines is 1. The summed E-state index contributed by atoms with van der Waals surface area (Å²) in [6.07, 6.45) is -0.481. The van der Waals surface area contributed by atoms with E-state index in [9.17, 15) is 4.79 Å². The molecule has 0 bridgehead atoms. The molecule has 0 spiro atoms. The van der Waals surface area contributed by atoms with Crippen LogP contribution in [0.3, 0.4) is 0 Å². The van der Waals surface area contributed by atoms with E-state index in [1.807, 2.05) is 45.0 Å². The molecule has 0 unspecified atom stereocenters. The minimum atomic E-state index is -0.526. The van der Waals surface area contributed by atoms with E-state index < -0.39 is 11.7 Å². The maximum Gasteiger partial charge on any atom is 0.412 e. The van der Waals surface area contributed by atoms with Crippen LogP contribution in [0.4, 0.5) is 10.5 Å². The molecule has 0 aromatic heterocycles. The molecule has 0 heterocycles. The first kappa shape index (κ1) is 15.1. The Kier molecular flexibility index (Phi) is 4.25. The Labute approximate surface area is 131 Å². The van der Waals surface area contributed by atoms with Crippen LogP contribution in [0.2, 0.25) is 5.02 Å². The molecule has 0 aliphatic heterocycles. The van der Waals surface area contributed by atoms with E-state index in [4.69, 9.17) is 16.3 Å². The van der Waals surface area contributed by atoms with Gasteiger partial charge in [0.05, 0.1) is 0 Å². The molecule has 0 atom stereocenters. The first-order chi connectivity index (χ1) is 9.26. The Hall–Kier alpha value is -1.26. The highest BCUT2D eigenvalue weighted by molar-refractivity contribution is 9.10. The lowest BCUT2D eigenvalue weighted by Gasteiger charge is -2.20. The number of carbonyl (C=O) groups excluding carboxylic acids is 1. The van der Waals surface area contributed by atoms with E-state index in [-0.39, 0.29) is 0 Å². The van der Waals surface area contributed by atoms with Crippen LogP contribution in [0.5, 0.6) is 0 Å². The molecule has 0 aliphatic carbocycles. The summed E-state index contributed by atoms with van der Waals surface area (Å²) < 4.78 is 6.05. The molecule has 0 fully saturated rings. The largest absolute Gasteiger partial charge is 0.444 e. The van der Waals surface area contributed by atoms with Crippen molar-refractivity contribution in [2.45, 2.75) is 26.4 Å². The number of fused-ring (bicyclic) bond motifs is 1. The van der Waals surface area contributed by atoms with Gasteiger partial charge < -0.3 is 4.74 Å². The average Bonchev–Trinajstić information content (AvgIpc) is 2.25. The highest BCUT2D eigenvalue weighted by Gasteiger charge is 2.16. The third-order valence-corrected chi connectivity index (χ3v) is 3.46. The summed E-state index contributed by atoms with van der Waals surface area (Å²) in [7, 11) is 0. The van der Waals surface area contributed by atoms with Gasteiger partial charge in [0.15, 0.2) is 0 Å². The number of carbonyl (C=O) groups is 1. The van der Waals surface area contributed by atoms with Gasteiger partial charge >= 0.3 is 6.09 Å². The van der Waals surface area contributed by atoms with Crippen LogP contribution in [-0.2, 0) is 4.74 Å². The summed E-state index contributed by atoms with van der Waals surface area (Å²) >= 11 is 9.64. The molecule has 1 N–H and O–H groups in total. The van der Waals surface area contributed by atoms with Gasteiger partial charge in [-0.2, -0.15) is 0 Å². The second kappa shape index (κ2) is 5.62. The molecule has 3 nitrogen and oxygen atoms in total. The Morgan fingerprint density at radius 3 is 2.65 bits per heavy atom. The van der Waals surface area contributed by atoms with E-state index in [1.165, 1.54) is 0 Å². The van der Waals surface area contributed by atoms with Gasteiger partial charge in [-0.3, -0.25) is 5.32 Å². The molecule has 1 amide bonds. The van der Waals surface area contributed by atoms with Crippen molar-refractivity contribution in [3.8, 4) is 0 Å². The van der Waals surface area contributed by atoms with Crippen molar-refractivity contribution in [1.29, 1.82) is 0 Å². The summed E-state index contributed by atoms with van der Waals surface area (Å²) in [6.45, 7) is 5.47. The van der Waals surface area contributed by atoms with Crippen LogP contribution >= 0.6 is 27.5 Å². The van der Waals surface area contributed by atoms with Crippen molar-refractivity contribution in [2.75, 3.05) is 5.32 Å². The molecule has 2 aromatic rings. The first-order valence-corrected chi connectivity index (χ1v) is 7.31. The molecular formula is C15H15BrClNO2. The van der Waals surface area contributed by atoms with Gasteiger partial charge in [0.1, 0.15) is 5.60 Å². The zero-order chi connectivity index (χ0) is 14.9. The zero-order valence-electron chi connectivity index (χ0n) is 11.5. The van der Waals surface area contributed by atoms with Crippen molar-refractivity contribution in [2.24, 2.45) is 0 Å². The summed E-state index contributed by atoms with van der Waals surface area (Å²) in [5.41, 5.74) is 0.127. The predicted octanol–water partition coefficient (Wildman–Crippen LogP) is 5.60. The smallest absolute Gasteiger partial charge is 0.412 e. The lowest BCUT2D eigenvalue weighted by molar-refractivity contribution is 0.0636. The van der Waals surface area contributed by atoms with Gasteiger partial charge in [0.2, 0.25) is 0 Å². The van der Waals surface area contributed by atoms with Gasteiger partial charge in [-0.1, -0.05) is 39.7 Å². The molecule has 0 radical (unpaired) electrons. The Morgan fingerprint density at radius 2 is 2.00 bits per heavy atom. The minimum absolute atomic E-state index is 0.481. The van der Waals surface area contributed by atoms with E-state index in [0.29, 0.717) is 10.7 Å². The third-order valence-electron chi connectivity index (χ3n) is 2.52. The van der Waals surface area contributed by atoms with Gasteiger partial charge in [0.25, 0.3) is 0 Å². The summed E-state index contributed by atoms with van der Waals surface area (Å²) in [4.78, 5) is 11.8. The SMILES string of the molecule is CC(C)(C)OC(=O)Nc1cc(Br)c2c(Cl)cccc2c1. The Balaban J connectivity index is 2.31. The van der Waals surface area contributed by atoms with Crippen LogP contribution in [0.15, 0.2) is 34.8 Å². The number of rotatable bonds is 1. The minimum Gasteiger partial charge on any atom is -0.444 e. The lowest BCUT2D eigenvalue weighted by Crippen LogP contribution is -2.27. The fourth-order valence-electron chi connectivity index (χ4n) is 1.82. The normalized spacial score (nSPS) is 11.4. The monoisotopic (exact) mass is 355 g/mol. The lowest BCUT2D eigenvalue weighted by atomic mass is 10.1. The predicted molar refractivity (Wildman–Crippen MR) is 86.5 cm³/mol. The number of halogens is 2. The van der Waals surface area contributed by atoms with Crippen molar-refractivity contribution in [1.82, 2.24) is 0 Å². The number of nitrogens with one attached hydrogen (secondary N) is 1. The molecular weight excluding hydrogens is 342 g/mol. The fraction of sp³-hybridized carbons (Fsp3) is 0.267. The third kappa shape index (κ3) is 3.64. The number of benzene rings is 2. The fourth-order valence-corrected chi connectivity index (χ4v) is 2.91. The highest BCUT2D eigenvalue weighted by Crippen LogP contribution is 2.33. The van der Waals surface area contributed by atoms with E-state index in [2.05, 4.69) is 21.2 Å². The van der Waals surface area contributed by atoms with Crippen molar-refractivity contribution in [3.63, 3.8) is 0 Å². The molecule has 0 aliphatic rings. The standard InChI is InChI=1S/C15H15BrClNO2/c1-15(2,3)20-14(19)18-10-7-9-5-4-6-12(17)13(9)11(16)8-10/h4-8H,1-3H3,(H,18,19). The van der Waals surface area contributed by atoms with Crippen LogP contribution < -0.4 is 5.32 Å². The van der Waals surface area contributed by atoms with Crippen LogP contribution in [0.25, 0.3) is 10.8 Å². The van der Waals surface area contributed by atoms with Crippen LogP contribution in [0, 0.1) is 0 Å². The molecule has 2 rings (SSSR count). The molecule has 20 heavy (non-hydrogen) atoms. The molecule has 0 saturated carbocycles. The number of amides is 1. The van der Waals surface area contributed by atoms with E-state index in [1.54, 1.807) is 6.07 Å². The molecule has 5 heteroatoms. The second-order valence-corrected chi connectivity index (χ2v) is 6.68. The summed E-state index contributed by atoms with van der Waals surface area (Å²) in [5.74, 6) is 0. The number of ether oxygens (including phenoxy) is 1.